The monoisotopic (exact) mass is 123 g/mol. The van der Waals surface area contributed by atoms with Crippen LogP contribution in [0.4, 0.5) is 0 Å². The van der Waals surface area contributed by atoms with Crippen LogP contribution in [-0.4, -0.2) is 14.6 Å². The molecule has 0 aromatic carbocycles. The highest BCUT2D eigenvalue weighted by Crippen LogP contribution is 1.91. The van der Waals surface area contributed by atoms with Crippen molar-refractivity contribution >= 4 is 5.65 Å². The highest BCUT2D eigenvalue weighted by molar-refractivity contribution is 5.36. The number of nitrogens with zero attached hydrogens (tertiary/aromatic N) is 1. The number of fused-ring (bicyclic) bond motifs is 1. The van der Waals surface area contributed by atoms with Crippen molar-refractivity contribution in [3.05, 3.63) is 28.8 Å². The smallest absolute Gasteiger partial charge is 0.281 e. The molecule has 0 atom stereocenters. The lowest BCUT2D eigenvalue weighted by molar-refractivity contribution is 1.02. The van der Waals surface area contributed by atoms with E-state index < -0.39 is 0 Å². The van der Waals surface area contributed by atoms with E-state index in [-0.39, 0.29) is 5.69 Å². The second-order valence-corrected chi connectivity index (χ2v) is 1.82. The molecule has 0 aliphatic rings. The summed E-state index contributed by atoms with van der Waals surface area (Å²) < 4.78 is 1.50. The van der Waals surface area contributed by atoms with Crippen molar-refractivity contribution in [3.8, 4) is 0 Å². The van der Waals surface area contributed by atoms with Crippen molar-refractivity contribution in [3.63, 3.8) is 0 Å². The average Bonchev–Trinajstić information content (AvgIpc) is 2.35. The number of aromatic nitrogens is 3. The van der Waals surface area contributed by atoms with Gasteiger partial charge in [-0.1, -0.05) is 0 Å². The van der Waals surface area contributed by atoms with Gasteiger partial charge in [0.25, 0.3) is 0 Å². The summed E-state index contributed by atoms with van der Waals surface area (Å²) in [4.78, 5) is 10.7. The van der Waals surface area contributed by atoms with Gasteiger partial charge in [0.2, 0.25) is 0 Å². The Bertz CT molecular complexity index is 366. The van der Waals surface area contributed by atoms with E-state index in [1.165, 1.54) is 4.40 Å². The van der Waals surface area contributed by atoms with Crippen LogP contribution in [0.15, 0.2) is 23.1 Å². The third kappa shape index (κ3) is 0.440. The van der Waals surface area contributed by atoms with Crippen LogP contribution >= 0.6 is 0 Å². The number of hydrogen-bond donors (Lipinski definition) is 2. The van der Waals surface area contributed by atoms with Crippen LogP contribution in [0.3, 0.4) is 0 Å². The molecule has 0 bridgehead atoms. The molecule has 4 heteroatoms. The molecule has 2 aromatic heterocycles. The van der Waals surface area contributed by atoms with Gasteiger partial charge in [-0.2, -0.15) is 0 Å². The van der Waals surface area contributed by atoms with Crippen molar-refractivity contribution in [2.45, 2.75) is 0 Å². The molecule has 0 saturated heterocycles. The highest BCUT2D eigenvalue weighted by atomic mass is 16.1. The van der Waals surface area contributed by atoms with Crippen molar-refractivity contribution < 1.29 is 0 Å². The fraction of sp³-hybridized carbons (Fsp3) is 0. The van der Waals surface area contributed by atoms with Crippen LogP contribution in [-0.2, 0) is 0 Å². The fourth-order valence-corrected chi connectivity index (χ4v) is 0.838. The standard InChI is InChI=1S/C5H5N3O/c9-5-7-6-4-2-1-3-8(4)5/h1-3,6H,(H,7,9). The van der Waals surface area contributed by atoms with E-state index in [0.29, 0.717) is 0 Å². The maximum atomic E-state index is 10.7. The lowest BCUT2D eigenvalue weighted by Gasteiger charge is -1.71. The summed E-state index contributed by atoms with van der Waals surface area (Å²) in [5.41, 5.74) is 0.662. The van der Waals surface area contributed by atoms with E-state index in [9.17, 15) is 4.79 Å². The Kier molecular flexibility index (Phi) is 0.631. The van der Waals surface area contributed by atoms with Crippen LogP contribution < -0.4 is 5.69 Å². The van der Waals surface area contributed by atoms with Crippen molar-refractivity contribution in [1.29, 1.82) is 0 Å². The molecule has 2 heterocycles. The van der Waals surface area contributed by atoms with Crippen molar-refractivity contribution in [2.24, 2.45) is 0 Å². The van der Waals surface area contributed by atoms with Gasteiger partial charge in [-0.05, 0) is 12.1 Å². The molecule has 0 unspecified atom stereocenters. The van der Waals surface area contributed by atoms with Gasteiger partial charge < -0.3 is 0 Å². The zero-order chi connectivity index (χ0) is 6.27. The number of rotatable bonds is 0. The molecule has 4 nitrogen and oxygen atoms in total. The molecule has 46 valence electrons. The third-order valence-corrected chi connectivity index (χ3v) is 1.27. The number of hydrogen-bond acceptors (Lipinski definition) is 1. The van der Waals surface area contributed by atoms with Gasteiger partial charge in [0.15, 0.2) is 0 Å². The topological polar surface area (TPSA) is 53.1 Å². The molecule has 9 heavy (non-hydrogen) atoms. The molecule has 0 saturated carbocycles. The summed E-state index contributed by atoms with van der Waals surface area (Å²) in [5, 5.41) is 5.13. The molecular formula is C5H5N3O. The lowest BCUT2D eigenvalue weighted by Crippen LogP contribution is -2.06. The van der Waals surface area contributed by atoms with Crippen molar-refractivity contribution in [1.82, 2.24) is 14.6 Å². The second-order valence-electron chi connectivity index (χ2n) is 1.82. The van der Waals surface area contributed by atoms with Gasteiger partial charge in [-0.15, -0.1) is 0 Å². The minimum atomic E-state index is -0.130. The van der Waals surface area contributed by atoms with E-state index in [2.05, 4.69) is 10.2 Å². The van der Waals surface area contributed by atoms with Gasteiger partial charge in [0.05, 0.1) is 0 Å². The summed E-state index contributed by atoms with van der Waals surface area (Å²) in [6, 6.07) is 3.62. The zero-order valence-corrected chi connectivity index (χ0v) is 4.59. The maximum absolute atomic E-state index is 10.7. The van der Waals surface area contributed by atoms with Crippen LogP contribution in [0, 0.1) is 0 Å². The molecule has 2 rings (SSSR count). The lowest BCUT2D eigenvalue weighted by atomic mass is 10.7. The van der Waals surface area contributed by atoms with Crippen LogP contribution in [0.25, 0.3) is 5.65 Å². The summed E-state index contributed by atoms with van der Waals surface area (Å²) in [6.07, 6.45) is 1.70. The Balaban J connectivity index is 3.17. The molecule has 0 fully saturated rings. The molecule has 0 radical (unpaired) electrons. The van der Waals surface area contributed by atoms with E-state index in [4.69, 9.17) is 0 Å². The largest absolute Gasteiger partial charge is 0.345 e. The molecule has 2 aromatic rings. The zero-order valence-electron chi connectivity index (χ0n) is 4.59. The first kappa shape index (κ1) is 4.43. The normalized spacial score (nSPS) is 10.7. The molecule has 0 amide bonds. The summed E-state index contributed by atoms with van der Waals surface area (Å²) in [7, 11) is 0. The number of nitrogens with one attached hydrogen (secondary N) is 2. The number of aromatic amines is 2. The molecule has 0 aliphatic carbocycles. The van der Waals surface area contributed by atoms with Crippen LogP contribution in [0.5, 0.6) is 0 Å². The Labute approximate surface area is 50.1 Å². The first-order valence-electron chi connectivity index (χ1n) is 2.61. The Morgan fingerprint density at radius 1 is 1.44 bits per heavy atom. The molecule has 0 aliphatic heterocycles. The maximum Gasteiger partial charge on any atom is 0.345 e. The average molecular weight is 123 g/mol. The van der Waals surface area contributed by atoms with E-state index in [1.807, 2.05) is 6.07 Å². The van der Waals surface area contributed by atoms with Gasteiger partial charge in [0, 0.05) is 6.20 Å². The van der Waals surface area contributed by atoms with Gasteiger partial charge >= 0.3 is 5.69 Å². The summed E-state index contributed by atoms with van der Waals surface area (Å²) in [6.45, 7) is 0. The highest BCUT2D eigenvalue weighted by Gasteiger charge is 1.93. The predicted octanol–water partition coefficient (Wildman–Crippen LogP) is -0.0443. The first-order chi connectivity index (χ1) is 4.38. The van der Waals surface area contributed by atoms with E-state index in [0.717, 1.165) is 5.65 Å². The third-order valence-electron chi connectivity index (χ3n) is 1.27. The summed E-state index contributed by atoms with van der Waals surface area (Å²) in [5.74, 6) is 0. The van der Waals surface area contributed by atoms with Gasteiger partial charge in [-0.25, -0.2) is 9.89 Å². The van der Waals surface area contributed by atoms with Gasteiger partial charge in [-0.3, -0.25) is 9.50 Å². The Hall–Kier alpha value is -1.45. The molecule has 0 spiro atoms. The predicted molar refractivity (Wildman–Crippen MR) is 32.4 cm³/mol. The fourth-order valence-electron chi connectivity index (χ4n) is 0.838. The Morgan fingerprint density at radius 3 is 3.11 bits per heavy atom. The first-order valence-corrected chi connectivity index (χ1v) is 2.61. The minimum absolute atomic E-state index is 0.130. The van der Waals surface area contributed by atoms with Gasteiger partial charge in [0.1, 0.15) is 5.65 Å². The van der Waals surface area contributed by atoms with E-state index >= 15 is 0 Å². The van der Waals surface area contributed by atoms with Crippen LogP contribution in [0.2, 0.25) is 0 Å². The summed E-state index contributed by atoms with van der Waals surface area (Å²) >= 11 is 0. The van der Waals surface area contributed by atoms with E-state index in [1.54, 1.807) is 12.3 Å². The SMILES string of the molecule is O=c1[nH][nH]c2cccn12. The number of H-pyrrole nitrogens is 2. The van der Waals surface area contributed by atoms with Crippen LogP contribution in [0.1, 0.15) is 0 Å². The quantitative estimate of drug-likeness (QED) is 0.507. The molecular weight excluding hydrogens is 118 g/mol. The second kappa shape index (κ2) is 1.28. The minimum Gasteiger partial charge on any atom is -0.281 e. The van der Waals surface area contributed by atoms with Crippen molar-refractivity contribution in [2.75, 3.05) is 0 Å². The Morgan fingerprint density at radius 2 is 2.33 bits per heavy atom. The molecule has 2 N–H and O–H groups in total.